The highest BCUT2D eigenvalue weighted by Crippen LogP contribution is 2.24. The topological polar surface area (TPSA) is 74.1 Å². The molecule has 8 heteroatoms. The van der Waals surface area contributed by atoms with E-state index < -0.39 is 20.3 Å². The Hall–Kier alpha value is -0.963. The van der Waals surface area contributed by atoms with Gasteiger partial charge in [-0.15, -0.1) is 0 Å². The van der Waals surface area contributed by atoms with E-state index in [1.54, 1.807) is 21.3 Å². The van der Waals surface area contributed by atoms with Crippen LogP contribution in [0.5, 0.6) is 0 Å². The van der Waals surface area contributed by atoms with Gasteiger partial charge < -0.3 is 23.2 Å². The molecule has 0 radical (unpaired) electrons. The van der Waals surface area contributed by atoms with Gasteiger partial charge >= 0.3 is 8.80 Å². The second-order valence-electron chi connectivity index (χ2n) is 5.77. The minimum atomic E-state index is -2.53. The molecular weight excluding hydrogens is 316 g/mol. The van der Waals surface area contributed by atoms with Gasteiger partial charge in [-0.1, -0.05) is 13.8 Å². The Bertz CT molecular complexity index is 414. The van der Waals surface area contributed by atoms with Crippen molar-refractivity contribution in [3.8, 4) is 0 Å². The number of carbonyl (C=O) groups is 1. The Morgan fingerprint density at radius 3 is 2.26 bits per heavy atom. The molecule has 1 rings (SSSR count). The van der Waals surface area contributed by atoms with E-state index in [9.17, 15) is 9.90 Å². The zero-order valence-corrected chi connectivity index (χ0v) is 16.0. The van der Waals surface area contributed by atoms with E-state index in [0.29, 0.717) is 19.4 Å². The molecule has 0 aliphatic carbocycles. The lowest BCUT2D eigenvalue weighted by molar-refractivity contribution is -0.513. The molecule has 0 aromatic heterocycles. The first-order chi connectivity index (χ1) is 10.9. The maximum Gasteiger partial charge on any atom is 0.500 e. The molecule has 134 valence electrons. The molecule has 0 saturated carbocycles. The van der Waals surface area contributed by atoms with Crippen molar-refractivity contribution in [3.05, 3.63) is 0 Å². The Balaban J connectivity index is 2.66. The lowest BCUT2D eigenvalue weighted by atomic mass is 9.91. The molecule has 0 bridgehead atoms. The van der Waals surface area contributed by atoms with Crippen LogP contribution in [0.4, 0.5) is 0 Å². The van der Waals surface area contributed by atoms with Gasteiger partial charge in [-0.2, -0.15) is 0 Å². The fraction of sp³-hybridized carbons (Fsp3) is 0.867. The smallest absolute Gasteiger partial charge is 0.500 e. The summed E-state index contributed by atoms with van der Waals surface area (Å²) in [6.45, 7) is 6.13. The summed E-state index contributed by atoms with van der Waals surface area (Å²) in [5.41, 5.74) is -0.904. The van der Waals surface area contributed by atoms with Gasteiger partial charge in [-0.05, 0) is 19.3 Å². The molecule has 0 aromatic carbocycles. The minimum Gasteiger partial charge on any atom is -0.545 e. The summed E-state index contributed by atoms with van der Waals surface area (Å²) in [5, 5.41) is 11.6. The molecule has 1 heterocycles. The van der Waals surface area contributed by atoms with Crippen molar-refractivity contribution in [1.29, 1.82) is 0 Å². The quantitative estimate of drug-likeness (QED) is 0.385. The lowest BCUT2D eigenvalue weighted by Crippen LogP contribution is -2.58. The van der Waals surface area contributed by atoms with E-state index in [2.05, 4.69) is 4.58 Å². The Morgan fingerprint density at radius 1 is 1.26 bits per heavy atom. The van der Waals surface area contributed by atoms with Crippen LogP contribution in [0.15, 0.2) is 0 Å². The first-order valence-electron chi connectivity index (χ1n) is 8.16. The summed E-state index contributed by atoms with van der Waals surface area (Å²) in [7, 11) is 2.30. The van der Waals surface area contributed by atoms with Crippen molar-refractivity contribution in [1.82, 2.24) is 4.90 Å². The Morgan fingerprint density at radius 2 is 1.83 bits per heavy atom. The van der Waals surface area contributed by atoms with Gasteiger partial charge in [0.25, 0.3) is 0 Å². The van der Waals surface area contributed by atoms with E-state index in [4.69, 9.17) is 13.3 Å². The fourth-order valence-electron chi connectivity index (χ4n) is 3.16. The third-order valence-corrected chi connectivity index (χ3v) is 7.72. The van der Waals surface area contributed by atoms with Crippen LogP contribution in [0.1, 0.15) is 33.1 Å². The number of hydrogen-bond acceptors (Lipinski definition) is 6. The molecule has 1 aliphatic heterocycles. The maximum absolute atomic E-state index is 11.6. The van der Waals surface area contributed by atoms with E-state index in [-0.39, 0.29) is 0 Å². The minimum absolute atomic E-state index is 0.531. The third-order valence-electron chi connectivity index (χ3n) is 4.89. The number of carboxylic acids is 1. The molecule has 23 heavy (non-hydrogen) atoms. The van der Waals surface area contributed by atoms with E-state index in [1.165, 1.54) is 0 Å². The number of carbonyl (C=O) groups excluding carboxylic acids is 1. The van der Waals surface area contributed by atoms with Crippen LogP contribution in [0, 0.1) is 0 Å². The standard InChI is InChI=1S/C15H30N2O5Si/c1-6-15(7-2,14(18)19)17-11-10-16(13-17)9-8-12-23(20-3,21-4)22-5/h13H,6-12H2,1-5H3. The van der Waals surface area contributed by atoms with Crippen molar-refractivity contribution in [3.63, 3.8) is 0 Å². The van der Waals surface area contributed by atoms with Gasteiger partial charge in [0.1, 0.15) is 18.6 Å². The second-order valence-corrected chi connectivity index (χ2v) is 8.86. The molecule has 0 fully saturated rings. The van der Waals surface area contributed by atoms with Crippen LogP contribution in [-0.2, 0) is 18.1 Å². The van der Waals surface area contributed by atoms with Crippen molar-refractivity contribution in [2.24, 2.45) is 0 Å². The average molecular weight is 347 g/mol. The van der Waals surface area contributed by atoms with Gasteiger partial charge in [0.2, 0.25) is 6.34 Å². The average Bonchev–Trinajstić information content (AvgIpc) is 3.03. The highest BCUT2D eigenvalue weighted by atomic mass is 28.4. The maximum atomic E-state index is 11.6. The SMILES string of the molecule is CCC(CC)(C(=O)[O-])N1C=[N+](CCC[Si](OC)(OC)OC)CC1. The van der Waals surface area contributed by atoms with Crippen molar-refractivity contribution in [2.75, 3.05) is 41.0 Å². The molecule has 0 atom stereocenters. The first kappa shape index (κ1) is 20.1. The van der Waals surface area contributed by atoms with Crippen LogP contribution in [0.25, 0.3) is 0 Å². The third kappa shape index (κ3) is 4.31. The van der Waals surface area contributed by atoms with Gasteiger partial charge in [-0.25, -0.2) is 0 Å². The Labute approximate surface area is 140 Å². The highest BCUT2D eigenvalue weighted by molar-refractivity contribution is 6.60. The predicted molar refractivity (Wildman–Crippen MR) is 87.3 cm³/mol. The molecule has 0 amide bonds. The summed E-state index contributed by atoms with van der Waals surface area (Å²) < 4.78 is 18.4. The van der Waals surface area contributed by atoms with Gasteiger partial charge in [0, 0.05) is 27.4 Å². The second kappa shape index (κ2) is 8.77. The van der Waals surface area contributed by atoms with Crippen LogP contribution < -0.4 is 5.11 Å². The summed E-state index contributed by atoms with van der Waals surface area (Å²) in [6, 6.07) is 0.730. The molecular formula is C15H30N2O5Si. The van der Waals surface area contributed by atoms with E-state index >= 15 is 0 Å². The Kier molecular flexibility index (Phi) is 7.66. The normalized spacial score (nSPS) is 15.9. The number of rotatable bonds is 11. The number of hydrogen-bond donors (Lipinski definition) is 0. The molecule has 1 aliphatic rings. The van der Waals surface area contributed by atoms with E-state index in [0.717, 1.165) is 25.6 Å². The first-order valence-corrected chi connectivity index (χ1v) is 10.1. The molecule has 0 aromatic rings. The van der Waals surface area contributed by atoms with Crippen molar-refractivity contribution in [2.45, 2.75) is 44.7 Å². The number of carboxylic acid groups (broad SMARTS) is 1. The molecule has 0 saturated heterocycles. The van der Waals surface area contributed by atoms with Crippen LogP contribution in [0.2, 0.25) is 6.04 Å². The van der Waals surface area contributed by atoms with Crippen molar-refractivity contribution < 1.29 is 27.8 Å². The largest absolute Gasteiger partial charge is 0.545 e. The number of nitrogens with zero attached hydrogens (tertiary/aromatic N) is 2. The summed E-state index contributed by atoms with van der Waals surface area (Å²) >= 11 is 0. The van der Waals surface area contributed by atoms with Crippen LogP contribution >= 0.6 is 0 Å². The van der Waals surface area contributed by atoms with Crippen LogP contribution in [-0.4, -0.2) is 77.1 Å². The van der Waals surface area contributed by atoms with Gasteiger partial charge in [0.15, 0.2) is 0 Å². The molecule has 0 N–H and O–H groups in total. The fourth-order valence-corrected chi connectivity index (χ4v) is 4.86. The monoisotopic (exact) mass is 346 g/mol. The summed E-state index contributed by atoms with van der Waals surface area (Å²) in [4.78, 5) is 13.5. The molecule has 7 nitrogen and oxygen atoms in total. The lowest BCUT2D eigenvalue weighted by Gasteiger charge is -2.35. The summed E-state index contributed by atoms with van der Waals surface area (Å²) in [5.74, 6) is -0.995. The molecule has 0 spiro atoms. The highest BCUT2D eigenvalue weighted by Gasteiger charge is 2.42. The summed E-state index contributed by atoms with van der Waals surface area (Å²) in [6.07, 6.45) is 3.85. The number of aliphatic carboxylic acids is 1. The van der Waals surface area contributed by atoms with Crippen LogP contribution in [0.3, 0.4) is 0 Å². The van der Waals surface area contributed by atoms with Gasteiger partial charge in [-0.3, -0.25) is 9.48 Å². The van der Waals surface area contributed by atoms with E-state index in [1.807, 2.05) is 25.1 Å². The van der Waals surface area contributed by atoms with Gasteiger partial charge in [0.05, 0.1) is 12.5 Å². The van der Waals surface area contributed by atoms with Crippen molar-refractivity contribution >= 4 is 21.1 Å². The zero-order chi connectivity index (χ0) is 17.5. The molecule has 0 unspecified atom stereocenters. The zero-order valence-electron chi connectivity index (χ0n) is 15.0. The predicted octanol–water partition coefficient (Wildman–Crippen LogP) is -0.0803.